The minimum atomic E-state index is -0.331. The Kier molecular flexibility index (Phi) is 3.02. The van der Waals surface area contributed by atoms with Crippen LogP contribution in [0.2, 0.25) is 0 Å². The van der Waals surface area contributed by atoms with Crippen molar-refractivity contribution in [2.24, 2.45) is 7.05 Å². The second-order valence-electron chi connectivity index (χ2n) is 4.51. The number of aryl methyl sites for hydroxylation is 2. The summed E-state index contributed by atoms with van der Waals surface area (Å²) in [7, 11) is 1.74. The van der Waals surface area contributed by atoms with Gasteiger partial charge in [0.25, 0.3) is 5.91 Å². The molecule has 6 heteroatoms. The lowest BCUT2D eigenvalue weighted by atomic mass is 10.2. The van der Waals surface area contributed by atoms with Gasteiger partial charge in [0.1, 0.15) is 11.5 Å². The first-order chi connectivity index (χ1) is 9.56. The Morgan fingerprint density at radius 3 is 2.90 bits per heavy atom. The molecule has 1 amide bonds. The molecule has 4 nitrogen and oxygen atoms in total. The lowest BCUT2D eigenvalue weighted by Gasteiger charge is -2.03. The van der Waals surface area contributed by atoms with E-state index in [9.17, 15) is 9.18 Å². The molecule has 0 bridgehead atoms. The number of rotatable bonds is 2. The van der Waals surface area contributed by atoms with E-state index in [4.69, 9.17) is 0 Å². The van der Waals surface area contributed by atoms with Crippen molar-refractivity contribution in [3.63, 3.8) is 0 Å². The second kappa shape index (κ2) is 4.72. The van der Waals surface area contributed by atoms with Crippen molar-refractivity contribution in [2.75, 3.05) is 5.32 Å². The highest BCUT2D eigenvalue weighted by Gasteiger charge is 2.16. The second-order valence-corrected chi connectivity index (χ2v) is 5.37. The SMILES string of the molecule is Cc1csc(NC(=O)c2cc3c(F)cccc3n2C)n1. The standard InChI is InChI=1S/C14H12FN3OS/c1-8-7-20-14(16-8)17-13(19)12-6-9-10(15)4-3-5-11(9)18(12)2/h3-7H,1-2H3,(H,16,17,19). The molecule has 3 aromatic rings. The zero-order valence-electron chi connectivity index (χ0n) is 11.0. The number of aromatic nitrogens is 2. The molecule has 1 aromatic carbocycles. The summed E-state index contributed by atoms with van der Waals surface area (Å²) >= 11 is 1.36. The summed E-state index contributed by atoms with van der Waals surface area (Å²) < 4.78 is 15.4. The van der Waals surface area contributed by atoms with Gasteiger partial charge in [-0.15, -0.1) is 11.3 Å². The number of carbonyl (C=O) groups is 1. The van der Waals surface area contributed by atoms with Crippen molar-refractivity contribution in [3.8, 4) is 0 Å². The van der Waals surface area contributed by atoms with Crippen molar-refractivity contribution < 1.29 is 9.18 Å². The highest BCUT2D eigenvalue weighted by atomic mass is 32.1. The van der Waals surface area contributed by atoms with Crippen molar-refractivity contribution in [2.45, 2.75) is 6.92 Å². The van der Waals surface area contributed by atoms with E-state index in [-0.39, 0.29) is 11.7 Å². The number of benzene rings is 1. The van der Waals surface area contributed by atoms with E-state index in [0.717, 1.165) is 5.69 Å². The Morgan fingerprint density at radius 2 is 2.25 bits per heavy atom. The Hall–Kier alpha value is -2.21. The van der Waals surface area contributed by atoms with Crippen LogP contribution in [0.3, 0.4) is 0 Å². The van der Waals surface area contributed by atoms with Crippen molar-refractivity contribution in [1.29, 1.82) is 0 Å². The molecule has 0 unspecified atom stereocenters. The number of nitrogens with one attached hydrogen (secondary N) is 1. The van der Waals surface area contributed by atoms with Crippen LogP contribution in [-0.2, 0) is 7.05 Å². The van der Waals surface area contributed by atoms with E-state index in [1.54, 1.807) is 29.8 Å². The van der Waals surface area contributed by atoms with Gasteiger partial charge in [0.2, 0.25) is 0 Å². The largest absolute Gasteiger partial charge is 0.340 e. The first kappa shape index (κ1) is 12.8. The van der Waals surface area contributed by atoms with Gasteiger partial charge in [0, 0.05) is 17.8 Å². The van der Waals surface area contributed by atoms with Gasteiger partial charge >= 0.3 is 0 Å². The normalized spacial score (nSPS) is 10.9. The molecule has 0 fully saturated rings. The number of hydrogen-bond donors (Lipinski definition) is 1. The van der Waals surface area contributed by atoms with Crippen molar-refractivity contribution in [3.05, 3.63) is 46.9 Å². The number of fused-ring (bicyclic) bond motifs is 1. The monoisotopic (exact) mass is 289 g/mol. The van der Waals surface area contributed by atoms with Crippen LogP contribution in [0.5, 0.6) is 0 Å². The van der Waals surface area contributed by atoms with Crippen LogP contribution in [0, 0.1) is 12.7 Å². The van der Waals surface area contributed by atoms with Crippen LogP contribution in [0.25, 0.3) is 10.9 Å². The molecule has 0 atom stereocenters. The third kappa shape index (κ3) is 2.08. The van der Waals surface area contributed by atoms with Crippen molar-refractivity contribution in [1.82, 2.24) is 9.55 Å². The van der Waals surface area contributed by atoms with Gasteiger partial charge in [-0.2, -0.15) is 0 Å². The number of anilines is 1. The van der Waals surface area contributed by atoms with E-state index in [1.165, 1.54) is 17.4 Å². The van der Waals surface area contributed by atoms with Gasteiger partial charge < -0.3 is 4.57 Å². The first-order valence-electron chi connectivity index (χ1n) is 6.03. The molecule has 0 spiro atoms. The Morgan fingerprint density at radius 1 is 1.45 bits per heavy atom. The molecule has 0 radical (unpaired) electrons. The number of halogens is 1. The minimum absolute atomic E-state index is 0.294. The number of amides is 1. The van der Waals surface area contributed by atoms with E-state index in [1.807, 2.05) is 12.3 Å². The Bertz CT molecular complexity index is 806. The number of thiazole rings is 1. The molecule has 0 aliphatic rings. The van der Waals surface area contributed by atoms with Crippen LogP contribution in [0.4, 0.5) is 9.52 Å². The van der Waals surface area contributed by atoms with Crippen LogP contribution < -0.4 is 5.32 Å². The number of hydrogen-bond acceptors (Lipinski definition) is 3. The number of nitrogens with zero attached hydrogens (tertiary/aromatic N) is 2. The van der Waals surface area contributed by atoms with Crippen LogP contribution in [-0.4, -0.2) is 15.5 Å². The van der Waals surface area contributed by atoms with Gasteiger partial charge in [0.15, 0.2) is 5.13 Å². The van der Waals surface area contributed by atoms with E-state index >= 15 is 0 Å². The maximum Gasteiger partial charge on any atom is 0.274 e. The predicted molar refractivity (Wildman–Crippen MR) is 77.7 cm³/mol. The van der Waals surface area contributed by atoms with Gasteiger partial charge in [-0.1, -0.05) is 6.07 Å². The average Bonchev–Trinajstić information content (AvgIpc) is 2.95. The van der Waals surface area contributed by atoms with Crippen molar-refractivity contribution >= 4 is 33.3 Å². The molecule has 20 heavy (non-hydrogen) atoms. The van der Waals surface area contributed by atoms with Crippen LogP contribution in [0.1, 0.15) is 16.2 Å². The Labute approximate surface area is 118 Å². The summed E-state index contributed by atoms with van der Waals surface area (Å²) in [5.41, 5.74) is 1.94. The summed E-state index contributed by atoms with van der Waals surface area (Å²) in [6, 6.07) is 6.35. The van der Waals surface area contributed by atoms with Gasteiger partial charge in [0.05, 0.1) is 11.2 Å². The summed E-state index contributed by atoms with van der Waals surface area (Å²) in [5.74, 6) is -0.625. The minimum Gasteiger partial charge on any atom is -0.340 e. The molecule has 0 saturated carbocycles. The molecule has 0 saturated heterocycles. The lowest BCUT2D eigenvalue weighted by molar-refractivity contribution is 0.101. The maximum atomic E-state index is 13.7. The zero-order valence-corrected chi connectivity index (χ0v) is 11.8. The molecular formula is C14H12FN3OS. The molecular weight excluding hydrogens is 277 g/mol. The van der Waals surface area contributed by atoms with E-state index < -0.39 is 0 Å². The quantitative estimate of drug-likeness (QED) is 0.786. The van der Waals surface area contributed by atoms with Crippen LogP contribution in [0.15, 0.2) is 29.6 Å². The smallest absolute Gasteiger partial charge is 0.274 e. The molecule has 3 rings (SSSR count). The highest BCUT2D eigenvalue weighted by Crippen LogP contribution is 2.23. The predicted octanol–water partition coefficient (Wildman–Crippen LogP) is 3.33. The first-order valence-corrected chi connectivity index (χ1v) is 6.91. The summed E-state index contributed by atoms with van der Waals surface area (Å²) in [5, 5.41) is 5.56. The van der Waals surface area contributed by atoms with Gasteiger partial charge in [-0.3, -0.25) is 10.1 Å². The third-order valence-electron chi connectivity index (χ3n) is 3.11. The molecule has 2 heterocycles. The topological polar surface area (TPSA) is 46.9 Å². The molecule has 0 aliphatic heterocycles. The summed E-state index contributed by atoms with van der Waals surface area (Å²) in [6.45, 7) is 1.86. The summed E-state index contributed by atoms with van der Waals surface area (Å²) in [6.07, 6.45) is 0. The third-order valence-corrected chi connectivity index (χ3v) is 3.98. The Balaban J connectivity index is 1.99. The average molecular weight is 289 g/mol. The van der Waals surface area contributed by atoms with E-state index in [2.05, 4.69) is 10.3 Å². The zero-order chi connectivity index (χ0) is 14.3. The molecule has 102 valence electrons. The fraction of sp³-hybridized carbons (Fsp3) is 0.143. The number of carbonyl (C=O) groups excluding carboxylic acids is 1. The van der Waals surface area contributed by atoms with Gasteiger partial charge in [-0.25, -0.2) is 9.37 Å². The molecule has 1 N–H and O–H groups in total. The lowest BCUT2D eigenvalue weighted by Crippen LogP contribution is -2.15. The maximum absolute atomic E-state index is 13.7. The van der Waals surface area contributed by atoms with Gasteiger partial charge in [-0.05, 0) is 25.1 Å². The fourth-order valence-electron chi connectivity index (χ4n) is 2.11. The highest BCUT2D eigenvalue weighted by molar-refractivity contribution is 7.13. The van der Waals surface area contributed by atoms with E-state index in [0.29, 0.717) is 21.7 Å². The molecule has 2 aromatic heterocycles. The summed E-state index contributed by atoms with van der Waals surface area (Å²) in [4.78, 5) is 16.4. The van der Waals surface area contributed by atoms with Crippen LogP contribution >= 0.6 is 11.3 Å². The molecule has 0 aliphatic carbocycles. The fourth-order valence-corrected chi connectivity index (χ4v) is 2.80.